The molecular weight excluding hydrogens is 278 g/mol. The molecule has 1 N–H and O–H groups in total. The van der Waals surface area contributed by atoms with E-state index in [2.05, 4.69) is 26.5 Å². The van der Waals surface area contributed by atoms with Gasteiger partial charge in [0.15, 0.2) is 5.82 Å². The fourth-order valence-electron chi connectivity index (χ4n) is 3.01. The number of fused-ring (bicyclic) bond motifs is 1. The number of piperazine rings is 1. The number of nitrogens with one attached hydrogen (secondary N) is 1. The molecule has 22 heavy (non-hydrogen) atoms. The Labute approximate surface area is 131 Å². The predicted molar refractivity (Wildman–Crippen MR) is 86.1 cm³/mol. The molecule has 6 nitrogen and oxygen atoms in total. The molecule has 3 rings (SSSR count). The Kier molecular flexibility index (Phi) is 3.93. The van der Waals surface area contributed by atoms with E-state index in [1.807, 2.05) is 25.7 Å². The van der Waals surface area contributed by atoms with E-state index in [1.54, 1.807) is 0 Å². The van der Waals surface area contributed by atoms with Gasteiger partial charge in [-0.25, -0.2) is 4.79 Å². The molecule has 1 fully saturated rings. The minimum absolute atomic E-state index is 0.0205. The van der Waals surface area contributed by atoms with Crippen molar-refractivity contribution in [2.75, 3.05) is 31.1 Å². The monoisotopic (exact) mass is 303 g/mol. The number of carbonyl (C=O) groups is 1. The van der Waals surface area contributed by atoms with Crippen LogP contribution in [0.3, 0.4) is 0 Å². The topological polar surface area (TPSA) is 61.4 Å². The van der Waals surface area contributed by atoms with Crippen molar-refractivity contribution in [3.63, 3.8) is 0 Å². The Balaban J connectivity index is 1.59. The molecule has 1 aliphatic heterocycles. The number of rotatable bonds is 1. The summed E-state index contributed by atoms with van der Waals surface area (Å²) in [6, 6.07) is 2.20. The van der Waals surface area contributed by atoms with E-state index >= 15 is 0 Å². The van der Waals surface area contributed by atoms with Gasteiger partial charge in [-0.3, -0.25) is 0 Å². The van der Waals surface area contributed by atoms with Crippen molar-refractivity contribution in [2.24, 2.45) is 0 Å². The second-order valence-electron chi connectivity index (χ2n) is 7.18. The average Bonchev–Trinajstić information content (AvgIpc) is 2.93. The van der Waals surface area contributed by atoms with Crippen LogP contribution in [0.2, 0.25) is 0 Å². The van der Waals surface area contributed by atoms with E-state index in [-0.39, 0.29) is 11.6 Å². The van der Waals surface area contributed by atoms with Crippen molar-refractivity contribution >= 4 is 11.8 Å². The van der Waals surface area contributed by atoms with Gasteiger partial charge in [0.05, 0.1) is 5.69 Å². The molecular formula is C16H25N5O. The Morgan fingerprint density at radius 3 is 2.55 bits per heavy atom. The minimum Gasteiger partial charge on any atom is -0.352 e. The van der Waals surface area contributed by atoms with Crippen molar-refractivity contribution in [1.29, 1.82) is 0 Å². The standard InChI is InChI=1S/C16H25N5O/c1-16(2,3)17-15(22)21-9-7-20(8-10-21)14-11-12-5-4-6-13(12)18-19-14/h11H,4-10H2,1-3H3,(H,17,22). The van der Waals surface area contributed by atoms with Crippen LogP contribution in [-0.4, -0.2) is 52.8 Å². The number of anilines is 1. The third-order valence-electron chi connectivity index (χ3n) is 4.18. The summed E-state index contributed by atoms with van der Waals surface area (Å²) < 4.78 is 0. The number of amides is 2. The fourth-order valence-corrected chi connectivity index (χ4v) is 3.01. The van der Waals surface area contributed by atoms with Crippen LogP contribution in [0.5, 0.6) is 0 Å². The molecule has 2 aliphatic rings. The second-order valence-corrected chi connectivity index (χ2v) is 7.18. The first-order chi connectivity index (χ1) is 10.4. The smallest absolute Gasteiger partial charge is 0.317 e. The van der Waals surface area contributed by atoms with Gasteiger partial charge in [-0.05, 0) is 51.7 Å². The Hall–Kier alpha value is -1.85. The molecule has 1 aromatic heterocycles. The highest BCUT2D eigenvalue weighted by molar-refractivity contribution is 5.75. The molecule has 1 aromatic rings. The third-order valence-corrected chi connectivity index (χ3v) is 4.18. The molecule has 0 radical (unpaired) electrons. The van der Waals surface area contributed by atoms with E-state index in [0.29, 0.717) is 0 Å². The lowest BCUT2D eigenvalue weighted by Crippen LogP contribution is -2.55. The van der Waals surface area contributed by atoms with Gasteiger partial charge in [-0.2, -0.15) is 5.10 Å². The summed E-state index contributed by atoms with van der Waals surface area (Å²) in [6.45, 7) is 9.07. The molecule has 1 saturated heterocycles. The molecule has 0 aromatic carbocycles. The van der Waals surface area contributed by atoms with E-state index in [1.165, 1.54) is 12.0 Å². The molecule has 6 heteroatoms. The molecule has 0 unspecified atom stereocenters. The van der Waals surface area contributed by atoms with Crippen LogP contribution in [0.1, 0.15) is 38.4 Å². The normalized spacial score (nSPS) is 18.3. The first kappa shape index (κ1) is 15.1. The van der Waals surface area contributed by atoms with E-state index in [9.17, 15) is 4.79 Å². The van der Waals surface area contributed by atoms with Gasteiger partial charge in [0.25, 0.3) is 0 Å². The Bertz CT molecular complexity index is 558. The highest BCUT2D eigenvalue weighted by atomic mass is 16.2. The first-order valence-corrected chi connectivity index (χ1v) is 8.10. The number of hydrogen-bond acceptors (Lipinski definition) is 4. The van der Waals surface area contributed by atoms with Crippen molar-refractivity contribution in [2.45, 2.75) is 45.6 Å². The summed E-state index contributed by atoms with van der Waals surface area (Å²) >= 11 is 0. The quantitative estimate of drug-likeness (QED) is 0.856. The maximum absolute atomic E-state index is 12.2. The van der Waals surface area contributed by atoms with Crippen molar-refractivity contribution in [3.05, 3.63) is 17.3 Å². The largest absolute Gasteiger partial charge is 0.352 e. The van der Waals surface area contributed by atoms with Crippen LogP contribution in [0, 0.1) is 0 Å². The lowest BCUT2D eigenvalue weighted by Gasteiger charge is -2.36. The van der Waals surface area contributed by atoms with Crippen LogP contribution in [0.4, 0.5) is 10.6 Å². The summed E-state index contributed by atoms with van der Waals surface area (Å²) in [5.41, 5.74) is 2.31. The van der Waals surface area contributed by atoms with Crippen LogP contribution in [0.25, 0.3) is 0 Å². The SMILES string of the molecule is CC(C)(C)NC(=O)N1CCN(c2cc3c(nn2)CCC3)CC1. The third kappa shape index (κ3) is 3.31. The van der Waals surface area contributed by atoms with Crippen LogP contribution < -0.4 is 10.2 Å². The van der Waals surface area contributed by atoms with Crippen molar-refractivity contribution < 1.29 is 4.79 Å². The highest BCUT2D eigenvalue weighted by Gasteiger charge is 2.25. The zero-order chi connectivity index (χ0) is 15.7. The van der Waals surface area contributed by atoms with Gasteiger partial charge >= 0.3 is 6.03 Å². The average molecular weight is 303 g/mol. The number of urea groups is 1. The van der Waals surface area contributed by atoms with Gasteiger partial charge in [0.2, 0.25) is 0 Å². The van der Waals surface area contributed by atoms with E-state index < -0.39 is 0 Å². The van der Waals surface area contributed by atoms with Gasteiger partial charge in [0, 0.05) is 31.7 Å². The lowest BCUT2D eigenvalue weighted by atomic mass is 10.1. The van der Waals surface area contributed by atoms with Crippen LogP contribution in [-0.2, 0) is 12.8 Å². The molecule has 0 bridgehead atoms. The van der Waals surface area contributed by atoms with Gasteiger partial charge in [0.1, 0.15) is 0 Å². The molecule has 1 aliphatic carbocycles. The zero-order valence-corrected chi connectivity index (χ0v) is 13.7. The van der Waals surface area contributed by atoms with Crippen molar-refractivity contribution in [1.82, 2.24) is 20.4 Å². The number of aryl methyl sites for hydroxylation is 2. The van der Waals surface area contributed by atoms with Crippen LogP contribution in [0.15, 0.2) is 6.07 Å². The Morgan fingerprint density at radius 1 is 1.14 bits per heavy atom. The number of nitrogens with zero attached hydrogens (tertiary/aromatic N) is 4. The zero-order valence-electron chi connectivity index (χ0n) is 13.7. The van der Waals surface area contributed by atoms with Crippen molar-refractivity contribution in [3.8, 4) is 0 Å². The summed E-state index contributed by atoms with van der Waals surface area (Å²) in [5, 5.41) is 11.7. The van der Waals surface area contributed by atoms with E-state index in [0.717, 1.165) is 50.5 Å². The predicted octanol–water partition coefficient (Wildman–Crippen LogP) is 1.60. The lowest BCUT2D eigenvalue weighted by molar-refractivity contribution is 0.185. The maximum Gasteiger partial charge on any atom is 0.317 e. The summed E-state index contributed by atoms with van der Waals surface area (Å²) in [5.74, 6) is 0.955. The summed E-state index contributed by atoms with van der Waals surface area (Å²) in [4.78, 5) is 16.3. The molecule has 2 amide bonds. The van der Waals surface area contributed by atoms with Gasteiger partial charge < -0.3 is 15.1 Å². The summed E-state index contributed by atoms with van der Waals surface area (Å²) in [6.07, 6.45) is 3.36. The van der Waals surface area contributed by atoms with E-state index in [4.69, 9.17) is 0 Å². The molecule has 0 saturated carbocycles. The van der Waals surface area contributed by atoms with Gasteiger partial charge in [-0.1, -0.05) is 0 Å². The Morgan fingerprint density at radius 2 is 1.86 bits per heavy atom. The fraction of sp³-hybridized carbons (Fsp3) is 0.688. The first-order valence-electron chi connectivity index (χ1n) is 8.10. The molecule has 0 spiro atoms. The number of aromatic nitrogens is 2. The second kappa shape index (κ2) is 5.74. The maximum atomic E-state index is 12.2. The number of hydrogen-bond donors (Lipinski definition) is 1. The highest BCUT2D eigenvalue weighted by Crippen LogP contribution is 2.23. The molecule has 2 heterocycles. The number of carbonyl (C=O) groups excluding carboxylic acids is 1. The molecule has 0 atom stereocenters. The van der Waals surface area contributed by atoms with Gasteiger partial charge in [-0.15, -0.1) is 5.10 Å². The van der Waals surface area contributed by atoms with Crippen LogP contribution >= 0.6 is 0 Å². The summed E-state index contributed by atoms with van der Waals surface area (Å²) in [7, 11) is 0. The minimum atomic E-state index is -0.195. The molecule has 120 valence electrons.